The first-order chi connectivity index (χ1) is 8.43. The van der Waals surface area contributed by atoms with Crippen LogP contribution in [0.4, 0.5) is 0 Å². The number of rotatable bonds is 3. The van der Waals surface area contributed by atoms with E-state index in [2.05, 4.69) is 5.10 Å². The molecule has 0 saturated heterocycles. The highest BCUT2D eigenvalue weighted by Crippen LogP contribution is 2.14. The minimum absolute atomic E-state index is 0.0597. The third kappa shape index (κ3) is 2.00. The van der Waals surface area contributed by atoms with Crippen molar-refractivity contribution in [1.82, 2.24) is 9.19 Å². The van der Waals surface area contributed by atoms with Crippen molar-refractivity contribution < 1.29 is 18.3 Å². The summed E-state index contributed by atoms with van der Waals surface area (Å²) >= 11 is 0. The highest BCUT2D eigenvalue weighted by Gasteiger charge is 2.21. The smallest absolute Gasteiger partial charge is 0.356 e. The molecular formula is C11H10N2O4S. The van der Waals surface area contributed by atoms with Gasteiger partial charge in [0.25, 0.3) is 10.0 Å². The van der Waals surface area contributed by atoms with Gasteiger partial charge in [-0.15, -0.1) is 0 Å². The molecular weight excluding hydrogens is 256 g/mol. The van der Waals surface area contributed by atoms with E-state index < -0.39 is 16.0 Å². The summed E-state index contributed by atoms with van der Waals surface area (Å²) in [5, 5.41) is 12.4. The van der Waals surface area contributed by atoms with E-state index in [0.717, 1.165) is 0 Å². The van der Waals surface area contributed by atoms with Crippen LogP contribution in [0, 0.1) is 6.92 Å². The van der Waals surface area contributed by atoms with Crippen LogP contribution in [-0.2, 0) is 10.0 Å². The van der Waals surface area contributed by atoms with E-state index in [-0.39, 0.29) is 10.6 Å². The van der Waals surface area contributed by atoms with E-state index in [9.17, 15) is 13.2 Å². The summed E-state index contributed by atoms with van der Waals surface area (Å²) in [7, 11) is -3.83. The molecule has 1 heterocycles. The molecule has 94 valence electrons. The summed E-state index contributed by atoms with van der Waals surface area (Å²) in [6, 6.07) is 7.71. The lowest BCUT2D eigenvalue weighted by Crippen LogP contribution is -2.14. The van der Waals surface area contributed by atoms with Gasteiger partial charge >= 0.3 is 5.97 Å². The van der Waals surface area contributed by atoms with Gasteiger partial charge in [0, 0.05) is 11.8 Å². The van der Waals surface area contributed by atoms with E-state index in [0.29, 0.717) is 9.65 Å². The Kier molecular flexibility index (Phi) is 2.92. The molecule has 6 nitrogen and oxygen atoms in total. The minimum atomic E-state index is -3.83. The second kappa shape index (κ2) is 4.26. The molecule has 0 unspecified atom stereocenters. The fourth-order valence-corrected chi connectivity index (χ4v) is 2.67. The molecule has 0 aliphatic rings. The Morgan fingerprint density at radius 1 is 1.28 bits per heavy atom. The van der Waals surface area contributed by atoms with Crippen molar-refractivity contribution >= 4 is 16.0 Å². The van der Waals surface area contributed by atoms with Crippen LogP contribution in [-0.4, -0.2) is 28.7 Å². The molecule has 2 aromatic rings. The highest BCUT2D eigenvalue weighted by molar-refractivity contribution is 7.89. The van der Waals surface area contributed by atoms with E-state index >= 15 is 0 Å². The van der Waals surface area contributed by atoms with Crippen LogP contribution in [0.25, 0.3) is 0 Å². The zero-order valence-corrected chi connectivity index (χ0v) is 10.3. The number of carbonyl (C=O) groups is 1. The van der Waals surface area contributed by atoms with Crippen molar-refractivity contribution in [3.63, 3.8) is 0 Å². The van der Waals surface area contributed by atoms with Gasteiger partial charge in [-0.25, -0.2) is 4.79 Å². The minimum Gasteiger partial charge on any atom is -0.476 e. The molecule has 0 saturated carbocycles. The highest BCUT2D eigenvalue weighted by atomic mass is 32.2. The van der Waals surface area contributed by atoms with Crippen LogP contribution in [0.15, 0.2) is 41.4 Å². The average molecular weight is 266 g/mol. The average Bonchev–Trinajstić information content (AvgIpc) is 2.73. The van der Waals surface area contributed by atoms with Crippen molar-refractivity contribution in [3.8, 4) is 0 Å². The molecule has 0 spiro atoms. The molecule has 0 radical (unpaired) electrons. The Hall–Kier alpha value is -2.15. The quantitative estimate of drug-likeness (QED) is 0.899. The van der Waals surface area contributed by atoms with Crippen molar-refractivity contribution in [2.75, 3.05) is 0 Å². The monoisotopic (exact) mass is 266 g/mol. The Balaban J connectivity index is 2.56. The maximum Gasteiger partial charge on any atom is 0.356 e. The third-order valence-electron chi connectivity index (χ3n) is 2.37. The normalized spacial score (nSPS) is 11.4. The van der Waals surface area contributed by atoms with Gasteiger partial charge < -0.3 is 5.11 Å². The van der Waals surface area contributed by atoms with Crippen LogP contribution < -0.4 is 0 Å². The number of nitrogens with zero attached hydrogens (tertiary/aromatic N) is 2. The molecule has 0 aliphatic heterocycles. The number of hydrogen-bond donors (Lipinski definition) is 1. The fraction of sp³-hybridized carbons (Fsp3) is 0.0909. The van der Waals surface area contributed by atoms with Crippen LogP contribution in [0.5, 0.6) is 0 Å². The van der Waals surface area contributed by atoms with Crippen LogP contribution in [0.1, 0.15) is 16.1 Å². The van der Waals surface area contributed by atoms with Crippen LogP contribution in [0.2, 0.25) is 0 Å². The van der Waals surface area contributed by atoms with Gasteiger partial charge in [0.2, 0.25) is 0 Å². The summed E-state index contributed by atoms with van der Waals surface area (Å²) in [4.78, 5) is 10.9. The van der Waals surface area contributed by atoms with E-state index in [1.165, 1.54) is 25.3 Å². The largest absolute Gasteiger partial charge is 0.476 e. The Bertz CT molecular complexity index is 689. The fourth-order valence-electron chi connectivity index (χ4n) is 1.47. The molecule has 1 aromatic heterocycles. The van der Waals surface area contributed by atoms with Gasteiger partial charge in [-0.3, -0.25) is 0 Å². The summed E-state index contributed by atoms with van der Waals surface area (Å²) in [5.74, 6) is -1.26. The SMILES string of the molecule is Cc1cn(S(=O)(=O)c2ccccc2)nc1C(=O)O. The number of aromatic nitrogens is 2. The zero-order valence-electron chi connectivity index (χ0n) is 9.44. The van der Waals surface area contributed by atoms with Crippen LogP contribution >= 0.6 is 0 Å². The van der Waals surface area contributed by atoms with E-state index in [4.69, 9.17) is 5.11 Å². The van der Waals surface area contributed by atoms with Gasteiger partial charge in [0.1, 0.15) is 0 Å². The molecule has 0 fully saturated rings. The van der Waals surface area contributed by atoms with Crippen molar-refractivity contribution in [3.05, 3.63) is 47.8 Å². The zero-order chi connectivity index (χ0) is 13.3. The van der Waals surface area contributed by atoms with Crippen molar-refractivity contribution in [2.24, 2.45) is 0 Å². The van der Waals surface area contributed by atoms with E-state index in [1.54, 1.807) is 18.2 Å². The lowest BCUT2D eigenvalue weighted by Gasteiger charge is -2.02. The lowest BCUT2D eigenvalue weighted by molar-refractivity contribution is 0.0689. The van der Waals surface area contributed by atoms with Crippen LogP contribution in [0.3, 0.4) is 0 Å². The van der Waals surface area contributed by atoms with Gasteiger partial charge in [-0.2, -0.15) is 17.6 Å². The number of hydrogen-bond acceptors (Lipinski definition) is 4. The van der Waals surface area contributed by atoms with Gasteiger partial charge in [0.15, 0.2) is 5.69 Å². The first-order valence-electron chi connectivity index (χ1n) is 5.03. The predicted octanol–water partition coefficient (Wildman–Crippen LogP) is 1.13. The second-order valence-corrected chi connectivity index (χ2v) is 5.45. The number of aromatic carboxylic acids is 1. The topological polar surface area (TPSA) is 89.3 Å². The molecule has 18 heavy (non-hydrogen) atoms. The van der Waals surface area contributed by atoms with Gasteiger partial charge in [0.05, 0.1) is 4.90 Å². The Morgan fingerprint density at radius 2 is 1.89 bits per heavy atom. The van der Waals surface area contributed by atoms with Gasteiger partial charge in [-0.05, 0) is 19.1 Å². The number of aryl methyl sites for hydroxylation is 1. The second-order valence-electron chi connectivity index (χ2n) is 3.66. The summed E-state index contributed by atoms with van der Waals surface area (Å²) in [5.41, 5.74) is 0.0245. The molecule has 0 atom stereocenters. The number of carboxylic acids is 1. The van der Waals surface area contributed by atoms with Crippen molar-refractivity contribution in [1.29, 1.82) is 0 Å². The standard InChI is InChI=1S/C11H10N2O4S/c1-8-7-13(12-10(8)11(14)15)18(16,17)9-5-3-2-4-6-9/h2-7H,1H3,(H,14,15). The maximum absolute atomic E-state index is 12.1. The summed E-state index contributed by atoms with van der Waals surface area (Å²) in [6.45, 7) is 1.49. The third-order valence-corrected chi connectivity index (χ3v) is 3.91. The molecule has 2 rings (SSSR count). The molecule has 1 N–H and O–H groups in total. The van der Waals surface area contributed by atoms with Gasteiger partial charge in [-0.1, -0.05) is 18.2 Å². The number of carboxylic acid groups (broad SMARTS) is 1. The Morgan fingerprint density at radius 3 is 2.39 bits per heavy atom. The first kappa shape index (κ1) is 12.3. The molecule has 0 bridgehead atoms. The first-order valence-corrected chi connectivity index (χ1v) is 6.47. The maximum atomic E-state index is 12.1. The molecule has 0 aliphatic carbocycles. The van der Waals surface area contributed by atoms with E-state index in [1.807, 2.05) is 0 Å². The number of benzene rings is 1. The Labute approximate surface area is 104 Å². The summed E-state index contributed by atoms with van der Waals surface area (Å²) < 4.78 is 24.9. The predicted molar refractivity (Wildman–Crippen MR) is 62.9 cm³/mol. The summed E-state index contributed by atoms with van der Waals surface area (Å²) in [6.07, 6.45) is 1.19. The molecule has 1 aromatic carbocycles. The molecule has 0 amide bonds. The molecule has 7 heteroatoms. The lowest BCUT2D eigenvalue weighted by atomic mass is 10.3. The van der Waals surface area contributed by atoms with Crippen molar-refractivity contribution in [2.45, 2.75) is 11.8 Å².